The summed E-state index contributed by atoms with van der Waals surface area (Å²) >= 11 is 8.14. The molecule has 2 heterocycles. The first-order valence-corrected chi connectivity index (χ1v) is 11.3. The van der Waals surface area contributed by atoms with E-state index < -0.39 is 0 Å². The molecule has 0 fully saturated rings. The van der Waals surface area contributed by atoms with E-state index in [2.05, 4.69) is 25.4 Å². The van der Waals surface area contributed by atoms with Crippen LogP contribution in [-0.2, 0) is 0 Å². The minimum atomic E-state index is -0.299. The molecular weight excluding hydrogens is 446 g/mol. The van der Waals surface area contributed by atoms with Crippen molar-refractivity contribution < 1.29 is 4.79 Å². The molecule has 1 amide bonds. The van der Waals surface area contributed by atoms with Gasteiger partial charge in [-0.25, -0.2) is 4.98 Å². The Hall–Kier alpha value is -3.27. The zero-order valence-corrected chi connectivity index (χ0v) is 18.7. The van der Waals surface area contributed by atoms with Gasteiger partial charge in [0, 0.05) is 16.8 Å². The van der Waals surface area contributed by atoms with Gasteiger partial charge in [0.05, 0.1) is 21.9 Å². The van der Waals surface area contributed by atoms with Crippen LogP contribution in [-0.4, -0.2) is 24.8 Å². The van der Waals surface area contributed by atoms with Gasteiger partial charge in [-0.3, -0.25) is 10.1 Å². The van der Waals surface area contributed by atoms with E-state index in [-0.39, 0.29) is 11.0 Å². The van der Waals surface area contributed by atoms with E-state index in [9.17, 15) is 4.79 Å². The fourth-order valence-electron chi connectivity index (χ4n) is 3.14. The summed E-state index contributed by atoms with van der Waals surface area (Å²) in [7, 11) is 0. The number of rotatable bonds is 3. The maximum atomic E-state index is 12.6. The molecule has 2 N–H and O–H groups in total. The second-order valence-corrected chi connectivity index (χ2v) is 8.86. The van der Waals surface area contributed by atoms with E-state index >= 15 is 0 Å². The molecule has 3 aromatic carbocycles. The van der Waals surface area contributed by atoms with Gasteiger partial charge in [-0.1, -0.05) is 24.3 Å². The lowest BCUT2D eigenvalue weighted by Crippen LogP contribution is -2.34. The van der Waals surface area contributed by atoms with Crippen molar-refractivity contribution in [3.05, 3.63) is 71.8 Å². The molecule has 5 rings (SSSR count). The third kappa shape index (κ3) is 4.02. The minimum Gasteiger partial charge on any atom is -0.332 e. The standard InChI is InChI=1S/C22H15N5OS3/c1-12-6-7-14(21-23-16-4-2-3-5-19(16)30-21)11-17(12)24-22(29)25-20(28)13-8-9-15-18(10-13)27-31-26-15/h2-11H,1H3,(H2,24,25,28,29). The van der Waals surface area contributed by atoms with Crippen LogP contribution in [0.4, 0.5) is 5.69 Å². The number of hydrogen-bond acceptors (Lipinski definition) is 7. The number of aryl methyl sites for hydroxylation is 1. The average molecular weight is 462 g/mol. The minimum absolute atomic E-state index is 0.228. The zero-order chi connectivity index (χ0) is 21.4. The van der Waals surface area contributed by atoms with Crippen molar-refractivity contribution in [1.82, 2.24) is 19.0 Å². The SMILES string of the molecule is Cc1ccc(-c2nc3ccccc3s2)cc1NC(=S)NC(=O)c1ccc2nsnc2c1. The molecule has 0 atom stereocenters. The predicted molar refractivity (Wildman–Crippen MR) is 131 cm³/mol. The summed E-state index contributed by atoms with van der Waals surface area (Å²) in [6.45, 7) is 1.98. The highest BCUT2D eigenvalue weighted by Crippen LogP contribution is 2.32. The molecule has 0 saturated heterocycles. The molecule has 0 aliphatic rings. The largest absolute Gasteiger partial charge is 0.332 e. The van der Waals surface area contributed by atoms with Gasteiger partial charge < -0.3 is 5.32 Å². The van der Waals surface area contributed by atoms with Crippen molar-refractivity contribution in [1.29, 1.82) is 0 Å². The van der Waals surface area contributed by atoms with Crippen LogP contribution in [0.25, 0.3) is 31.8 Å². The smallest absolute Gasteiger partial charge is 0.257 e. The van der Waals surface area contributed by atoms with Crippen LogP contribution in [0.1, 0.15) is 15.9 Å². The number of hydrogen-bond donors (Lipinski definition) is 2. The van der Waals surface area contributed by atoms with Crippen LogP contribution in [0.15, 0.2) is 60.7 Å². The first-order valence-electron chi connectivity index (χ1n) is 9.38. The molecule has 0 aliphatic heterocycles. The summed E-state index contributed by atoms with van der Waals surface area (Å²) in [5.74, 6) is -0.299. The van der Waals surface area contributed by atoms with Crippen LogP contribution in [0.3, 0.4) is 0 Å². The Balaban J connectivity index is 1.34. The third-order valence-corrected chi connectivity index (χ3v) is 6.62. The molecule has 0 spiro atoms. The summed E-state index contributed by atoms with van der Waals surface area (Å²) in [6, 6.07) is 19.3. The molecule has 0 radical (unpaired) electrons. The molecule has 152 valence electrons. The number of fused-ring (bicyclic) bond motifs is 2. The topological polar surface area (TPSA) is 79.8 Å². The second-order valence-electron chi connectivity index (χ2n) is 6.89. The Morgan fingerprint density at radius 2 is 1.81 bits per heavy atom. The fraction of sp³-hybridized carbons (Fsp3) is 0.0455. The normalized spacial score (nSPS) is 11.0. The van der Waals surface area contributed by atoms with Gasteiger partial charge in [0.1, 0.15) is 16.0 Å². The molecule has 9 heteroatoms. The Bertz CT molecular complexity index is 1420. The molecule has 5 aromatic rings. The molecule has 0 bridgehead atoms. The summed E-state index contributed by atoms with van der Waals surface area (Å²) in [5, 5.41) is 7.03. The number of thiocarbonyl (C=S) groups is 1. The second kappa shape index (κ2) is 8.10. The van der Waals surface area contributed by atoms with Gasteiger partial charge in [-0.15, -0.1) is 11.3 Å². The van der Waals surface area contributed by atoms with Crippen LogP contribution in [0.5, 0.6) is 0 Å². The monoisotopic (exact) mass is 461 g/mol. The third-order valence-electron chi connectivity index (χ3n) is 4.77. The van der Waals surface area contributed by atoms with Gasteiger partial charge >= 0.3 is 0 Å². The van der Waals surface area contributed by atoms with Crippen molar-refractivity contribution in [2.45, 2.75) is 6.92 Å². The van der Waals surface area contributed by atoms with E-state index in [1.165, 1.54) is 0 Å². The van der Waals surface area contributed by atoms with E-state index in [1.54, 1.807) is 29.5 Å². The van der Waals surface area contributed by atoms with Crippen LogP contribution < -0.4 is 10.6 Å². The molecule has 31 heavy (non-hydrogen) atoms. The molecule has 2 aromatic heterocycles. The van der Waals surface area contributed by atoms with Gasteiger partial charge in [-0.05, 0) is 61.1 Å². The molecule has 0 unspecified atom stereocenters. The number of nitrogens with zero attached hydrogens (tertiary/aromatic N) is 3. The number of amides is 1. The number of carbonyl (C=O) groups excluding carboxylic acids is 1. The average Bonchev–Trinajstić information content (AvgIpc) is 3.41. The lowest BCUT2D eigenvalue weighted by Gasteiger charge is -2.13. The van der Waals surface area contributed by atoms with Crippen LogP contribution in [0, 0.1) is 6.92 Å². The number of para-hydroxylation sites is 1. The van der Waals surface area contributed by atoms with Gasteiger partial charge in [0.15, 0.2) is 5.11 Å². The van der Waals surface area contributed by atoms with Crippen molar-refractivity contribution in [2.75, 3.05) is 5.32 Å². The summed E-state index contributed by atoms with van der Waals surface area (Å²) < 4.78 is 9.46. The van der Waals surface area contributed by atoms with E-state index in [0.29, 0.717) is 11.1 Å². The number of nitrogens with one attached hydrogen (secondary N) is 2. The quantitative estimate of drug-likeness (QED) is 0.350. The fourth-order valence-corrected chi connectivity index (χ4v) is 4.82. The van der Waals surface area contributed by atoms with E-state index in [1.807, 2.05) is 43.3 Å². The summed E-state index contributed by atoms with van der Waals surface area (Å²) in [5.41, 5.74) is 5.74. The summed E-state index contributed by atoms with van der Waals surface area (Å²) in [6.07, 6.45) is 0. The Labute approximate surface area is 191 Å². The highest BCUT2D eigenvalue weighted by Gasteiger charge is 2.12. The number of aromatic nitrogens is 3. The van der Waals surface area contributed by atoms with Crippen molar-refractivity contribution in [3.63, 3.8) is 0 Å². The highest BCUT2D eigenvalue weighted by molar-refractivity contribution is 7.80. The Morgan fingerprint density at radius 3 is 2.68 bits per heavy atom. The maximum Gasteiger partial charge on any atom is 0.257 e. The number of benzene rings is 3. The number of anilines is 1. The number of thiazole rings is 1. The first kappa shape index (κ1) is 19.7. The number of carbonyl (C=O) groups is 1. The molecule has 6 nitrogen and oxygen atoms in total. The zero-order valence-electron chi connectivity index (χ0n) is 16.2. The van der Waals surface area contributed by atoms with E-state index in [4.69, 9.17) is 17.2 Å². The molecule has 0 aliphatic carbocycles. The maximum absolute atomic E-state index is 12.6. The van der Waals surface area contributed by atoms with Gasteiger partial charge in [-0.2, -0.15) is 8.75 Å². The van der Waals surface area contributed by atoms with Crippen LogP contribution >= 0.6 is 35.3 Å². The van der Waals surface area contributed by atoms with Crippen LogP contribution in [0.2, 0.25) is 0 Å². The highest BCUT2D eigenvalue weighted by atomic mass is 32.1. The summed E-state index contributed by atoms with van der Waals surface area (Å²) in [4.78, 5) is 17.3. The Kier molecular flexibility index (Phi) is 5.14. The predicted octanol–water partition coefficient (Wildman–Crippen LogP) is 5.40. The van der Waals surface area contributed by atoms with Gasteiger partial charge in [0.25, 0.3) is 5.91 Å². The molecular formula is C22H15N5OS3. The first-order chi connectivity index (χ1) is 15.1. The van der Waals surface area contributed by atoms with Crippen molar-refractivity contribution in [2.24, 2.45) is 0 Å². The van der Waals surface area contributed by atoms with E-state index in [0.717, 1.165) is 49.3 Å². The van der Waals surface area contributed by atoms with Crippen molar-refractivity contribution in [3.8, 4) is 10.6 Å². The Morgan fingerprint density at radius 1 is 0.968 bits per heavy atom. The molecule has 0 saturated carbocycles. The van der Waals surface area contributed by atoms with Gasteiger partial charge in [0.2, 0.25) is 0 Å². The van der Waals surface area contributed by atoms with Crippen molar-refractivity contribution >= 4 is 73.2 Å². The lowest BCUT2D eigenvalue weighted by atomic mass is 10.1. The lowest BCUT2D eigenvalue weighted by molar-refractivity contribution is 0.0978.